The molecule has 1 aliphatic carbocycles. The van der Waals surface area contributed by atoms with Crippen LogP contribution >= 0.6 is 12.4 Å². The van der Waals surface area contributed by atoms with Gasteiger partial charge in [-0.05, 0) is 51.6 Å². The van der Waals surface area contributed by atoms with Crippen LogP contribution in [-0.4, -0.2) is 49.1 Å². The van der Waals surface area contributed by atoms with Crippen LogP contribution in [0.1, 0.15) is 46.5 Å². The van der Waals surface area contributed by atoms with Crippen LogP contribution in [0, 0.1) is 5.41 Å². The zero-order chi connectivity index (χ0) is 14.0. The first kappa shape index (κ1) is 17.7. The lowest BCUT2D eigenvalue weighted by Crippen LogP contribution is -2.56. The van der Waals surface area contributed by atoms with Crippen LogP contribution in [0.4, 0.5) is 0 Å². The molecule has 2 aliphatic rings. The summed E-state index contributed by atoms with van der Waals surface area (Å²) in [5.74, 6) is 0.167. The number of piperidine rings is 1. The Bertz CT molecular complexity index is 331. The smallest absolute Gasteiger partial charge is 0.237 e. The summed E-state index contributed by atoms with van der Waals surface area (Å²) in [5, 5.41) is 6.50. The summed E-state index contributed by atoms with van der Waals surface area (Å²) >= 11 is 0. The maximum Gasteiger partial charge on any atom is 0.237 e. The summed E-state index contributed by atoms with van der Waals surface area (Å²) in [4.78, 5) is 14.7. The summed E-state index contributed by atoms with van der Waals surface area (Å²) in [6.07, 6.45) is 4.91. The first-order valence-corrected chi connectivity index (χ1v) is 7.65. The average molecular weight is 304 g/mol. The molecule has 20 heavy (non-hydrogen) atoms. The van der Waals surface area contributed by atoms with Gasteiger partial charge in [-0.2, -0.15) is 0 Å². The van der Waals surface area contributed by atoms with Crippen molar-refractivity contribution in [2.24, 2.45) is 5.41 Å². The minimum Gasteiger partial charge on any atom is -0.353 e. The van der Waals surface area contributed by atoms with Gasteiger partial charge in [0.15, 0.2) is 0 Å². The largest absolute Gasteiger partial charge is 0.353 e. The average Bonchev–Trinajstić information content (AvgIpc) is 3.18. The molecule has 4 nitrogen and oxygen atoms in total. The van der Waals surface area contributed by atoms with Crippen LogP contribution < -0.4 is 10.6 Å². The van der Waals surface area contributed by atoms with E-state index < -0.39 is 0 Å². The predicted octanol–water partition coefficient (Wildman–Crippen LogP) is 1.79. The number of nitrogens with one attached hydrogen (secondary N) is 2. The molecular weight excluding hydrogens is 274 g/mol. The standard InChI is InChI=1S/C15H29N3O.ClH/c1-11(18(4)12-6-7-12)10-17-14(19)13-15(2,3)8-5-9-16-13;/h11-13,16H,5-10H2,1-4H3,(H,17,19);1H. The zero-order valence-electron chi connectivity index (χ0n) is 13.2. The summed E-state index contributed by atoms with van der Waals surface area (Å²) in [6.45, 7) is 8.27. The van der Waals surface area contributed by atoms with Crippen molar-refractivity contribution >= 4 is 18.3 Å². The van der Waals surface area contributed by atoms with Crippen molar-refractivity contribution in [2.45, 2.75) is 64.6 Å². The van der Waals surface area contributed by atoms with E-state index in [2.05, 4.69) is 43.4 Å². The molecule has 1 heterocycles. The molecule has 0 aromatic rings. The molecule has 1 amide bonds. The van der Waals surface area contributed by atoms with Crippen molar-refractivity contribution in [3.8, 4) is 0 Å². The minimum absolute atomic E-state index is 0. The Hall–Kier alpha value is -0.320. The van der Waals surface area contributed by atoms with E-state index >= 15 is 0 Å². The maximum atomic E-state index is 12.3. The number of halogens is 1. The normalized spacial score (nSPS) is 26.8. The predicted molar refractivity (Wildman–Crippen MR) is 85.3 cm³/mol. The molecule has 0 spiro atoms. The second-order valence-electron chi connectivity index (χ2n) is 6.97. The van der Waals surface area contributed by atoms with Gasteiger partial charge in [-0.15, -0.1) is 12.4 Å². The molecule has 1 saturated heterocycles. The summed E-state index contributed by atoms with van der Waals surface area (Å²) in [7, 11) is 2.16. The minimum atomic E-state index is -0.0420. The van der Waals surface area contributed by atoms with Gasteiger partial charge in [0.25, 0.3) is 0 Å². The van der Waals surface area contributed by atoms with Crippen LogP contribution in [0.3, 0.4) is 0 Å². The number of hydrogen-bond donors (Lipinski definition) is 2. The fourth-order valence-corrected chi connectivity index (χ4v) is 2.99. The molecule has 0 radical (unpaired) electrons. The number of nitrogens with zero attached hydrogens (tertiary/aromatic N) is 1. The van der Waals surface area contributed by atoms with E-state index in [0.29, 0.717) is 6.04 Å². The van der Waals surface area contributed by atoms with Crippen molar-refractivity contribution in [2.75, 3.05) is 20.1 Å². The molecule has 2 N–H and O–H groups in total. The summed E-state index contributed by atoms with van der Waals surface area (Å²) < 4.78 is 0. The lowest BCUT2D eigenvalue weighted by atomic mass is 9.77. The molecule has 1 aliphatic heterocycles. The Kier molecular flexibility index (Phi) is 6.29. The van der Waals surface area contributed by atoms with E-state index in [1.165, 1.54) is 12.8 Å². The first-order valence-electron chi connectivity index (χ1n) is 7.65. The van der Waals surface area contributed by atoms with E-state index in [4.69, 9.17) is 0 Å². The number of hydrogen-bond acceptors (Lipinski definition) is 3. The lowest BCUT2D eigenvalue weighted by Gasteiger charge is -2.38. The van der Waals surface area contributed by atoms with Gasteiger partial charge in [0.05, 0.1) is 6.04 Å². The molecule has 1 saturated carbocycles. The van der Waals surface area contributed by atoms with Gasteiger partial charge < -0.3 is 10.6 Å². The molecule has 2 unspecified atom stereocenters. The fraction of sp³-hybridized carbons (Fsp3) is 0.933. The fourth-order valence-electron chi connectivity index (χ4n) is 2.99. The monoisotopic (exact) mass is 303 g/mol. The molecular formula is C15H30ClN3O. The third kappa shape index (κ3) is 4.34. The molecule has 2 fully saturated rings. The van der Waals surface area contributed by atoms with Gasteiger partial charge >= 0.3 is 0 Å². The third-order valence-electron chi connectivity index (χ3n) is 4.78. The van der Waals surface area contributed by atoms with Gasteiger partial charge in [-0.3, -0.25) is 9.69 Å². The molecule has 2 rings (SSSR count). The molecule has 5 heteroatoms. The van der Waals surface area contributed by atoms with E-state index in [-0.39, 0.29) is 29.8 Å². The van der Waals surface area contributed by atoms with E-state index in [1.807, 2.05) is 0 Å². The van der Waals surface area contributed by atoms with Crippen LogP contribution in [0.25, 0.3) is 0 Å². The van der Waals surface area contributed by atoms with Crippen LogP contribution in [0.15, 0.2) is 0 Å². The van der Waals surface area contributed by atoms with E-state index in [0.717, 1.165) is 32.0 Å². The van der Waals surface area contributed by atoms with Crippen molar-refractivity contribution < 1.29 is 4.79 Å². The highest BCUT2D eigenvalue weighted by Crippen LogP contribution is 2.30. The Morgan fingerprint density at radius 3 is 2.65 bits per heavy atom. The molecule has 0 aromatic carbocycles. The SMILES string of the molecule is CC(CNC(=O)C1NCCCC1(C)C)N(C)C1CC1.Cl. The number of amides is 1. The van der Waals surface area contributed by atoms with Crippen LogP contribution in [0.2, 0.25) is 0 Å². The topological polar surface area (TPSA) is 44.4 Å². The van der Waals surface area contributed by atoms with Crippen molar-refractivity contribution in [1.82, 2.24) is 15.5 Å². The van der Waals surface area contributed by atoms with Crippen molar-refractivity contribution in [3.05, 3.63) is 0 Å². The highest BCUT2D eigenvalue weighted by molar-refractivity contribution is 5.85. The van der Waals surface area contributed by atoms with Crippen LogP contribution in [0.5, 0.6) is 0 Å². The molecule has 0 bridgehead atoms. The second kappa shape index (κ2) is 7.10. The molecule has 0 aromatic heterocycles. The zero-order valence-corrected chi connectivity index (χ0v) is 14.1. The van der Waals surface area contributed by atoms with Gasteiger partial charge in [0, 0.05) is 18.6 Å². The number of rotatable bonds is 5. The highest BCUT2D eigenvalue weighted by atomic mass is 35.5. The van der Waals surface area contributed by atoms with Crippen molar-refractivity contribution in [3.63, 3.8) is 0 Å². The lowest BCUT2D eigenvalue weighted by molar-refractivity contribution is -0.127. The van der Waals surface area contributed by atoms with E-state index in [9.17, 15) is 4.79 Å². The van der Waals surface area contributed by atoms with Crippen molar-refractivity contribution in [1.29, 1.82) is 0 Å². The van der Waals surface area contributed by atoms with Gasteiger partial charge in [-0.25, -0.2) is 0 Å². The van der Waals surface area contributed by atoms with E-state index in [1.54, 1.807) is 0 Å². The van der Waals surface area contributed by atoms with Gasteiger partial charge in [-0.1, -0.05) is 13.8 Å². The Morgan fingerprint density at radius 1 is 1.45 bits per heavy atom. The molecule has 2 atom stereocenters. The van der Waals surface area contributed by atoms with Crippen LogP contribution in [-0.2, 0) is 4.79 Å². The summed E-state index contributed by atoms with van der Waals surface area (Å²) in [6, 6.07) is 1.12. The number of carbonyl (C=O) groups excluding carboxylic acids is 1. The summed E-state index contributed by atoms with van der Waals surface area (Å²) in [5.41, 5.74) is 0.0635. The second-order valence-corrected chi connectivity index (χ2v) is 6.97. The Labute approximate surface area is 129 Å². The molecule has 118 valence electrons. The Morgan fingerprint density at radius 2 is 2.10 bits per heavy atom. The van der Waals surface area contributed by atoms with Gasteiger partial charge in [0.1, 0.15) is 0 Å². The highest BCUT2D eigenvalue weighted by Gasteiger charge is 2.37. The first-order chi connectivity index (χ1) is 8.92. The quantitative estimate of drug-likeness (QED) is 0.814. The van der Waals surface area contributed by atoms with Gasteiger partial charge in [0.2, 0.25) is 5.91 Å². The number of carbonyl (C=O) groups is 1. The third-order valence-corrected chi connectivity index (χ3v) is 4.78. The Balaban J connectivity index is 0.00000200. The maximum absolute atomic E-state index is 12.3. The number of likely N-dealkylation sites (N-methyl/N-ethyl adjacent to an activating group) is 1.